The van der Waals surface area contributed by atoms with Gasteiger partial charge >= 0.3 is 0 Å². The predicted octanol–water partition coefficient (Wildman–Crippen LogP) is 0.268. The molecule has 0 aliphatic rings. The van der Waals surface area contributed by atoms with E-state index < -0.39 is 0 Å². The van der Waals surface area contributed by atoms with Gasteiger partial charge in [-0.25, -0.2) is 5.43 Å². The van der Waals surface area contributed by atoms with Gasteiger partial charge in [0.15, 0.2) is 0 Å². The van der Waals surface area contributed by atoms with Crippen LogP contribution in [0.4, 0.5) is 0 Å². The summed E-state index contributed by atoms with van der Waals surface area (Å²) < 4.78 is 0. The Morgan fingerprint density at radius 2 is 1.71 bits per heavy atom. The summed E-state index contributed by atoms with van der Waals surface area (Å²) in [6.45, 7) is 5.82. The van der Waals surface area contributed by atoms with Gasteiger partial charge in [-0.1, -0.05) is 0 Å². The van der Waals surface area contributed by atoms with Crippen molar-refractivity contribution in [1.82, 2.24) is 11.0 Å². The van der Waals surface area contributed by atoms with Gasteiger partial charge in [0.05, 0.1) is 0 Å². The SMILES string of the molecule is CC(C)(C)NNO. The van der Waals surface area contributed by atoms with E-state index in [1.165, 1.54) is 0 Å². The van der Waals surface area contributed by atoms with E-state index in [9.17, 15) is 0 Å². The maximum absolute atomic E-state index is 8.04. The fraction of sp³-hybridized carbons (Fsp3) is 1.00. The van der Waals surface area contributed by atoms with Gasteiger partial charge < -0.3 is 5.21 Å². The molecular formula is C4H12N2O. The van der Waals surface area contributed by atoms with Crippen LogP contribution < -0.4 is 11.0 Å². The molecule has 44 valence electrons. The molecule has 0 aromatic heterocycles. The fourth-order valence-electron chi connectivity index (χ4n) is 0.168. The Morgan fingerprint density at radius 1 is 1.29 bits per heavy atom. The molecule has 0 fully saturated rings. The number of nitrogens with one attached hydrogen (secondary N) is 2. The minimum absolute atomic E-state index is 0.0608. The summed E-state index contributed by atoms with van der Waals surface area (Å²) >= 11 is 0. The summed E-state index contributed by atoms with van der Waals surface area (Å²) in [5.74, 6) is 0. The molecule has 3 heteroatoms. The second-order valence-electron chi connectivity index (χ2n) is 2.49. The van der Waals surface area contributed by atoms with Gasteiger partial charge in [0, 0.05) is 5.54 Å². The van der Waals surface area contributed by atoms with Gasteiger partial charge in [-0.05, 0) is 20.8 Å². The predicted molar refractivity (Wildman–Crippen MR) is 27.8 cm³/mol. The third kappa shape index (κ3) is 5.88. The molecule has 0 aromatic rings. The zero-order chi connectivity index (χ0) is 5.91. The van der Waals surface area contributed by atoms with Crippen LogP contribution in [-0.4, -0.2) is 10.7 Å². The lowest BCUT2D eigenvalue weighted by Crippen LogP contribution is -2.44. The lowest BCUT2D eigenvalue weighted by atomic mass is 10.1. The Morgan fingerprint density at radius 3 is 1.71 bits per heavy atom. The molecule has 0 bridgehead atoms. The first kappa shape index (κ1) is 6.88. The van der Waals surface area contributed by atoms with Crippen LogP contribution in [0.1, 0.15) is 20.8 Å². The van der Waals surface area contributed by atoms with Gasteiger partial charge in [-0.2, -0.15) is 0 Å². The summed E-state index contributed by atoms with van der Waals surface area (Å²) in [5.41, 5.74) is 4.39. The highest BCUT2D eigenvalue weighted by Crippen LogP contribution is 1.93. The van der Waals surface area contributed by atoms with Gasteiger partial charge in [0.2, 0.25) is 0 Å². The number of hydrogen-bond acceptors (Lipinski definition) is 3. The van der Waals surface area contributed by atoms with Crippen LogP contribution in [0.3, 0.4) is 0 Å². The van der Waals surface area contributed by atoms with Gasteiger partial charge in [0.25, 0.3) is 0 Å². The molecule has 3 nitrogen and oxygen atoms in total. The molecule has 0 unspecified atom stereocenters. The lowest BCUT2D eigenvalue weighted by molar-refractivity contribution is 0.0880. The second kappa shape index (κ2) is 2.26. The smallest absolute Gasteiger partial charge is 0.0261 e. The molecule has 0 amide bonds. The van der Waals surface area contributed by atoms with E-state index in [1.807, 2.05) is 26.4 Å². The zero-order valence-electron chi connectivity index (χ0n) is 4.95. The maximum Gasteiger partial charge on any atom is 0.0261 e. The van der Waals surface area contributed by atoms with E-state index in [1.54, 1.807) is 0 Å². The van der Waals surface area contributed by atoms with Gasteiger partial charge in [-0.15, -0.1) is 5.59 Å². The Balaban J connectivity index is 3.15. The van der Waals surface area contributed by atoms with E-state index in [-0.39, 0.29) is 5.54 Å². The monoisotopic (exact) mass is 104 g/mol. The van der Waals surface area contributed by atoms with Crippen molar-refractivity contribution in [2.75, 3.05) is 0 Å². The van der Waals surface area contributed by atoms with Crippen LogP contribution in [-0.2, 0) is 0 Å². The molecule has 0 spiro atoms. The molecular weight excluding hydrogens is 92.1 g/mol. The van der Waals surface area contributed by atoms with Crippen LogP contribution in [0.2, 0.25) is 0 Å². The molecule has 0 aromatic carbocycles. The quantitative estimate of drug-likeness (QED) is 0.418. The summed E-state index contributed by atoms with van der Waals surface area (Å²) in [6, 6.07) is 0. The topological polar surface area (TPSA) is 44.3 Å². The second-order valence-corrected chi connectivity index (χ2v) is 2.49. The molecule has 0 saturated heterocycles. The summed E-state index contributed by atoms with van der Waals surface area (Å²) in [6.07, 6.45) is 0. The Kier molecular flexibility index (Phi) is 2.22. The van der Waals surface area contributed by atoms with Crippen molar-refractivity contribution in [2.45, 2.75) is 26.3 Å². The van der Waals surface area contributed by atoms with Crippen molar-refractivity contribution in [1.29, 1.82) is 0 Å². The van der Waals surface area contributed by atoms with E-state index in [4.69, 9.17) is 5.21 Å². The number of hydrogen-bond donors (Lipinski definition) is 3. The molecule has 0 radical (unpaired) electrons. The van der Waals surface area contributed by atoms with E-state index in [2.05, 4.69) is 5.43 Å². The molecule has 0 rings (SSSR count). The standard InChI is InChI=1S/C4H12N2O/c1-4(2,3)5-6-7/h5-7H,1-3H3. The van der Waals surface area contributed by atoms with Crippen LogP contribution in [0, 0.1) is 0 Å². The van der Waals surface area contributed by atoms with Gasteiger partial charge in [-0.3, -0.25) is 0 Å². The largest absolute Gasteiger partial charge is 0.302 e. The molecule has 3 N–H and O–H groups in total. The third-order valence-corrected chi connectivity index (χ3v) is 0.431. The van der Waals surface area contributed by atoms with E-state index in [0.717, 1.165) is 0 Å². The highest BCUT2D eigenvalue weighted by molar-refractivity contribution is 4.64. The minimum Gasteiger partial charge on any atom is -0.302 e. The molecule has 0 aliphatic carbocycles. The fourth-order valence-corrected chi connectivity index (χ4v) is 0.168. The van der Waals surface area contributed by atoms with Crippen molar-refractivity contribution in [2.24, 2.45) is 0 Å². The first-order valence-electron chi connectivity index (χ1n) is 2.22. The average molecular weight is 104 g/mol. The van der Waals surface area contributed by atoms with Gasteiger partial charge in [0.1, 0.15) is 0 Å². The molecule has 0 aliphatic heterocycles. The Bertz CT molecular complexity index is 48.1. The Labute approximate surface area is 43.7 Å². The third-order valence-electron chi connectivity index (χ3n) is 0.431. The molecule has 0 heterocycles. The van der Waals surface area contributed by atoms with Crippen molar-refractivity contribution < 1.29 is 5.21 Å². The molecule has 7 heavy (non-hydrogen) atoms. The van der Waals surface area contributed by atoms with Crippen molar-refractivity contribution in [3.8, 4) is 0 Å². The molecule has 0 atom stereocenters. The highest BCUT2D eigenvalue weighted by Gasteiger charge is 2.05. The van der Waals surface area contributed by atoms with Crippen LogP contribution in [0.15, 0.2) is 0 Å². The maximum atomic E-state index is 8.04. The summed E-state index contributed by atoms with van der Waals surface area (Å²) in [5, 5.41) is 8.04. The first-order chi connectivity index (χ1) is 3.06. The van der Waals surface area contributed by atoms with E-state index in [0.29, 0.717) is 0 Å². The van der Waals surface area contributed by atoms with Crippen molar-refractivity contribution in [3.63, 3.8) is 0 Å². The summed E-state index contributed by atoms with van der Waals surface area (Å²) in [7, 11) is 0. The zero-order valence-corrected chi connectivity index (χ0v) is 4.95. The Hall–Kier alpha value is -0.120. The van der Waals surface area contributed by atoms with E-state index >= 15 is 0 Å². The van der Waals surface area contributed by atoms with Crippen LogP contribution in [0.5, 0.6) is 0 Å². The number of rotatable bonds is 1. The van der Waals surface area contributed by atoms with Crippen molar-refractivity contribution >= 4 is 0 Å². The lowest BCUT2D eigenvalue weighted by Gasteiger charge is -2.17. The van der Waals surface area contributed by atoms with Crippen LogP contribution >= 0.6 is 0 Å². The first-order valence-corrected chi connectivity index (χ1v) is 2.22. The number of hydrazine groups is 1. The normalized spacial score (nSPS) is 12.0. The average Bonchev–Trinajstić information content (AvgIpc) is 1.30. The van der Waals surface area contributed by atoms with Crippen LogP contribution in [0.25, 0.3) is 0 Å². The molecule has 0 saturated carbocycles. The summed E-state index contributed by atoms with van der Waals surface area (Å²) in [4.78, 5) is 0. The highest BCUT2D eigenvalue weighted by atomic mass is 16.5. The minimum atomic E-state index is -0.0608. The van der Waals surface area contributed by atoms with Crippen molar-refractivity contribution in [3.05, 3.63) is 0 Å².